The topological polar surface area (TPSA) is 129 Å². The molecule has 3 heterocycles. The summed E-state index contributed by atoms with van der Waals surface area (Å²) in [5.74, 6) is 0.270. The van der Waals surface area contributed by atoms with Gasteiger partial charge >= 0.3 is 5.82 Å². The molecule has 0 aliphatic rings. The zero-order valence-corrected chi connectivity index (χ0v) is 14.7. The number of aryl methyl sites for hydroxylation is 2. The molecule has 0 aliphatic carbocycles. The van der Waals surface area contributed by atoms with Crippen LogP contribution in [0.15, 0.2) is 31.7 Å². The molecule has 1 N–H and O–H groups in total. The molecule has 10 nitrogen and oxygen atoms in total. The van der Waals surface area contributed by atoms with E-state index in [0.717, 1.165) is 0 Å². The van der Waals surface area contributed by atoms with Crippen LogP contribution in [0.3, 0.4) is 0 Å². The average Bonchev–Trinajstić information content (AvgIpc) is 3.23. The first-order valence-electron chi connectivity index (χ1n) is 7.05. The molecular formula is C14H12BrN5O5. The summed E-state index contributed by atoms with van der Waals surface area (Å²) >= 11 is 3.07. The third kappa shape index (κ3) is 3.45. The van der Waals surface area contributed by atoms with Gasteiger partial charge in [0.25, 0.3) is 5.91 Å². The molecule has 0 radical (unpaired) electrons. The molecule has 11 heteroatoms. The molecular weight excluding hydrogens is 398 g/mol. The lowest BCUT2D eigenvalue weighted by molar-refractivity contribution is -0.390. The fourth-order valence-electron chi connectivity index (χ4n) is 2.17. The van der Waals surface area contributed by atoms with Gasteiger partial charge in [-0.05, 0) is 46.8 Å². The minimum absolute atomic E-state index is 0.0933. The summed E-state index contributed by atoms with van der Waals surface area (Å²) in [4.78, 5) is 22.4. The normalized spacial score (nSPS) is 10.8. The number of carbonyl (C=O) groups excluding carboxylic acids is 1. The van der Waals surface area contributed by atoms with Crippen molar-refractivity contribution in [2.45, 2.75) is 20.4 Å². The largest absolute Gasteiger partial charge is 0.454 e. The molecule has 3 aromatic rings. The van der Waals surface area contributed by atoms with E-state index in [9.17, 15) is 14.9 Å². The first kappa shape index (κ1) is 16.9. The SMILES string of the molecule is Cc1noc(C)c1NC(=O)c1ccc(Cn2cc(Br)c([N+](=O)[O-])n2)o1. The van der Waals surface area contributed by atoms with Gasteiger partial charge < -0.3 is 24.4 Å². The predicted octanol–water partition coefficient (Wildman–Crippen LogP) is 3.05. The Labute approximate surface area is 149 Å². The molecule has 0 fully saturated rings. The number of hydrogen-bond acceptors (Lipinski definition) is 7. The fourth-order valence-corrected chi connectivity index (χ4v) is 2.63. The molecule has 0 atom stereocenters. The van der Waals surface area contributed by atoms with Crippen LogP contribution in [0.2, 0.25) is 0 Å². The van der Waals surface area contributed by atoms with Crippen LogP contribution in [-0.2, 0) is 6.54 Å². The van der Waals surface area contributed by atoms with Crippen LogP contribution in [-0.4, -0.2) is 25.8 Å². The Kier molecular flexibility index (Phi) is 4.40. The van der Waals surface area contributed by atoms with Gasteiger partial charge in [0.15, 0.2) is 11.5 Å². The van der Waals surface area contributed by atoms with Crippen molar-refractivity contribution in [1.29, 1.82) is 0 Å². The molecule has 130 valence electrons. The summed E-state index contributed by atoms with van der Waals surface area (Å²) in [7, 11) is 0. The van der Waals surface area contributed by atoms with Crippen LogP contribution in [0.4, 0.5) is 11.5 Å². The molecule has 3 rings (SSSR count). The van der Waals surface area contributed by atoms with E-state index in [1.807, 2.05) is 0 Å². The smallest absolute Gasteiger partial charge is 0.404 e. The number of halogens is 1. The highest BCUT2D eigenvalue weighted by atomic mass is 79.9. The van der Waals surface area contributed by atoms with Gasteiger partial charge in [-0.15, -0.1) is 0 Å². The summed E-state index contributed by atoms with van der Waals surface area (Å²) in [5, 5.41) is 21.1. The second-order valence-corrected chi connectivity index (χ2v) is 6.03. The van der Waals surface area contributed by atoms with Crippen molar-refractivity contribution in [2.75, 3.05) is 5.32 Å². The Morgan fingerprint density at radius 2 is 2.20 bits per heavy atom. The third-order valence-corrected chi connectivity index (χ3v) is 3.91. The number of amides is 1. The van der Waals surface area contributed by atoms with Crippen molar-refractivity contribution >= 4 is 33.3 Å². The molecule has 0 saturated heterocycles. The minimum atomic E-state index is -0.592. The van der Waals surface area contributed by atoms with Crippen molar-refractivity contribution in [3.05, 3.63) is 55.9 Å². The highest BCUT2D eigenvalue weighted by Crippen LogP contribution is 2.23. The maximum Gasteiger partial charge on any atom is 0.404 e. The highest BCUT2D eigenvalue weighted by molar-refractivity contribution is 9.10. The molecule has 0 aliphatic heterocycles. The summed E-state index contributed by atoms with van der Waals surface area (Å²) < 4.78 is 12.1. The lowest BCUT2D eigenvalue weighted by atomic mass is 10.3. The Hall–Kier alpha value is -2.95. The Morgan fingerprint density at radius 1 is 1.44 bits per heavy atom. The van der Waals surface area contributed by atoms with Gasteiger partial charge in [-0.1, -0.05) is 5.16 Å². The van der Waals surface area contributed by atoms with E-state index in [-0.39, 0.29) is 22.6 Å². The minimum Gasteiger partial charge on any atom is -0.454 e. The lowest BCUT2D eigenvalue weighted by Gasteiger charge is -2.01. The zero-order valence-electron chi connectivity index (χ0n) is 13.1. The van der Waals surface area contributed by atoms with Crippen LogP contribution in [0.25, 0.3) is 0 Å². The average molecular weight is 410 g/mol. The monoisotopic (exact) mass is 409 g/mol. The number of carbonyl (C=O) groups is 1. The quantitative estimate of drug-likeness (QED) is 0.506. The van der Waals surface area contributed by atoms with Gasteiger partial charge in [-0.3, -0.25) is 4.79 Å². The first-order chi connectivity index (χ1) is 11.8. The standard InChI is InChI=1S/C14H12BrN5O5/c1-7-12(8(2)25-18-7)16-14(21)11-4-3-9(24-11)5-19-6-10(15)13(17-19)20(22)23/h3-4,6H,5H2,1-2H3,(H,16,21). The van der Waals surface area contributed by atoms with Crippen molar-refractivity contribution in [2.24, 2.45) is 0 Å². The third-order valence-electron chi connectivity index (χ3n) is 3.35. The molecule has 0 saturated carbocycles. The van der Waals surface area contributed by atoms with Gasteiger partial charge in [0.2, 0.25) is 0 Å². The number of anilines is 1. The number of nitro groups is 1. The fraction of sp³-hybridized carbons (Fsp3) is 0.214. The number of nitrogens with zero attached hydrogens (tertiary/aromatic N) is 4. The van der Waals surface area contributed by atoms with Crippen LogP contribution >= 0.6 is 15.9 Å². The summed E-state index contributed by atoms with van der Waals surface area (Å²) in [5.41, 5.74) is 1.06. The predicted molar refractivity (Wildman–Crippen MR) is 88.3 cm³/mol. The molecule has 0 unspecified atom stereocenters. The second-order valence-electron chi connectivity index (χ2n) is 5.17. The molecule has 0 bridgehead atoms. The van der Waals surface area contributed by atoms with Gasteiger partial charge in [-0.25, -0.2) is 0 Å². The van der Waals surface area contributed by atoms with Crippen molar-refractivity contribution in [3.63, 3.8) is 0 Å². The number of hydrogen-bond donors (Lipinski definition) is 1. The molecule has 0 aromatic carbocycles. The molecule has 1 amide bonds. The highest BCUT2D eigenvalue weighted by Gasteiger charge is 2.20. The molecule has 3 aromatic heterocycles. The number of furan rings is 1. The van der Waals surface area contributed by atoms with Crippen molar-refractivity contribution in [1.82, 2.24) is 14.9 Å². The van der Waals surface area contributed by atoms with Crippen LogP contribution in [0, 0.1) is 24.0 Å². The summed E-state index contributed by atoms with van der Waals surface area (Å²) in [6.07, 6.45) is 1.46. The maximum absolute atomic E-state index is 12.2. The number of rotatable bonds is 5. The van der Waals surface area contributed by atoms with Gasteiger partial charge in [0, 0.05) is 0 Å². The van der Waals surface area contributed by atoms with E-state index in [0.29, 0.717) is 22.9 Å². The van der Waals surface area contributed by atoms with Crippen LogP contribution < -0.4 is 5.32 Å². The maximum atomic E-state index is 12.2. The van der Waals surface area contributed by atoms with E-state index in [2.05, 4.69) is 31.5 Å². The molecule has 0 spiro atoms. The van der Waals surface area contributed by atoms with Crippen molar-refractivity contribution < 1.29 is 18.7 Å². The Balaban J connectivity index is 1.73. The van der Waals surface area contributed by atoms with E-state index in [4.69, 9.17) is 8.94 Å². The zero-order chi connectivity index (χ0) is 18.1. The second kappa shape index (κ2) is 6.51. The van der Waals surface area contributed by atoms with E-state index >= 15 is 0 Å². The lowest BCUT2D eigenvalue weighted by Crippen LogP contribution is -2.12. The van der Waals surface area contributed by atoms with Gasteiger partial charge in [-0.2, -0.15) is 4.68 Å². The number of nitrogens with one attached hydrogen (secondary N) is 1. The van der Waals surface area contributed by atoms with Gasteiger partial charge in [0.05, 0.1) is 11.3 Å². The summed E-state index contributed by atoms with van der Waals surface area (Å²) in [6.45, 7) is 3.54. The Bertz CT molecular complexity index is 937. The van der Waals surface area contributed by atoms with E-state index in [1.165, 1.54) is 16.9 Å². The number of aromatic nitrogens is 3. The van der Waals surface area contributed by atoms with Crippen LogP contribution in [0.1, 0.15) is 27.8 Å². The Morgan fingerprint density at radius 3 is 2.80 bits per heavy atom. The van der Waals surface area contributed by atoms with E-state index in [1.54, 1.807) is 19.9 Å². The van der Waals surface area contributed by atoms with E-state index < -0.39 is 10.8 Å². The van der Waals surface area contributed by atoms with Crippen LogP contribution in [0.5, 0.6) is 0 Å². The molecule has 25 heavy (non-hydrogen) atoms. The summed E-state index contributed by atoms with van der Waals surface area (Å²) in [6, 6.07) is 3.11. The van der Waals surface area contributed by atoms with Gasteiger partial charge in [0.1, 0.15) is 28.2 Å². The van der Waals surface area contributed by atoms with Crippen molar-refractivity contribution in [3.8, 4) is 0 Å². The first-order valence-corrected chi connectivity index (χ1v) is 7.84.